The van der Waals surface area contributed by atoms with E-state index in [1.807, 2.05) is 37.3 Å². The van der Waals surface area contributed by atoms with E-state index in [4.69, 9.17) is 5.11 Å². The predicted molar refractivity (Wildman–Crippen MR) is 76.2 cm³/mol. The molecule has 0 spiro atoms. The lowest BCUT2D eigenvalue weighted by molar-refractivity contribution is -0.141. The zero-order chi connectivity index (χ0) is 14.3. The van der Waals surface area contributed by atoms with Gasteiger partial charge in [0.1, 0.15) is 6.04 Å². The molecule has 1 amide bonds. The number of carbonyl (C=O) groups excluding carboxylic acids is 1. The van der Waals surface area contributed by atoms with E-state index >= 15 is 0 Å². The topological polar surface area (TPSA) is 66.4 Å². The van der Waals surface area contributed by atoms with Crippen LogP contribution in [-0.2, 0) is 9.59 Å². The van der Waals surface area contributed by atoms with Crippen molar-refractivity contribution in [2.24, 2.45) is 0 Å². The lowest BCUT2D eigenvalue weighted by Crippen LogP contribution is -2.44. The standard InChI is InChI=1S/C14H19NO3S/c1-3-11(14(17)18)15-13(16)12(4-2)19-10-8-6-5-7-9-10/h5-9,11-12H,3-4H2,1-2H3,(H,15,16)(H,17,18). The average Bonchev–Trinajstić information content (AvgIpc) is 2.42. The summed E-state index contributed by atoms with van der Waals surface area (Å²) in [5.74, 6) is -1.21. The molecule has 0 saturated carbocycles. The van der Waals surface area contributed by atoms with Crippen molar-refractivity contribution in [1.29, 1.82) is 0 Å². The zero-order valence-electron chi connectivity index (χ0n) is 11.1. The van der Waals surface area contributed by atoms with Gasteiger partial charge < -0.3 is 10.4 Å². The number of carboxylic acids is 1. The van der Waals surface area contributed by atoms with Gasteiger partial charge in [-0.2, -0.15) is 0 Å². The molecule has 0 radical (unpaired) electrons. The normalized spacial score (nSPS) is 13.6. The minimum absolute atomic E-state index is 0.217. The molecule has 4 nitrogen and oxygen atoms in total. The van der Waals surface area contributed by atoms with Gasteiger partial charge in [-0.25, -0.2) is 4.79 Å². The quantitative estimate of drug-likeness (QED) is 0.754. The highest BCUT2D eigenvalue weighted by Gasteiger charge is 2.23. The van der Waals surface area contributed by atoms with Crippen molar-refractivity contribution in [2.75, 3.05) is 0 Å². The monoisotopic (exact) mass is 281 g/mol. The summed E-state index contributed by atoms with van der Waals surface area (Å²) < 4.78 is 0. The molecule has 0 fully saturated rings. The second kappa shape index (κ2) is 7.84. The fourth-order valence-electron chi connectivity index (χ4n) is 1.59. The zero-order valence-corrected chi connectivity index (χ0v) is 11.9. The van der Waals surface area contributed by atoms with Crippen molar-refractivity contribution < 1.29 is 14.7 Å². The molecule has 1 aromatic carbocycles. The second-order valence-electron chi connectivity index (χ2n) is 4.14. The number of benzene rings is 1. The van der Waals surface area contributed by atoms with Crippen LogP contribution in [-0.4, -0.2) is 28.3 Å². The van der Waals surface area contributed by atoms with Crippen molar-refractivity contribution >= 4 is 23.6 Å². The first-order valence-electron chi connectivity index (χ1n) is 6.33. The molecule has 0 bridgehead atoms. The number of amides is 1. The summed E-state index contributed by atoms with van der Waals surface area (Å²) in [6.45, 7) is 3.66. The molecule has 2 N–H and O–H groups in total. The SMILES string of the molecule is CCC(NC(=O)C(CC)Sc1ccccc1)C(=O)O. The van der Waals surface area contributed by atoms with E-state index in [2.05, 4.69) is 5.32 Å². The fraction of sp³-hybridized carbons (Fsp3) is 0.429. The lowest BCUT2D eigenvalue weighted by atomic mass is 10.2. The number of thioether (sulfide) groups is 1. The Hall–Kier alpha value is -1.49. The maximum Gasteiger partial charge on any atom is 0.326 e. The summed E-state index contributed by atoms with van der Waals surface area (Å²) in [5.41, 5.74) is 0. The third-order valence-electron chi connectivity index (χ3n) is 2.71. The molecule has 0 saturated heterocycles. The highest BCUT2D eigenvalue weighted by molar-refractivity contribution is 8.00. The number of carbonyl (C=O) groups is 2. The molecule has 0 aliphatic rings. The van der Waals surface area contributed by atoms with Gasteiger partial charge in [0.05, 0.1) is 5.25 Å². The molecule has 0 aliphatic heterocycles. The molecule has 2 unspecified atom stereocenters. The summed E-state index contributed by atoms with van der Waals surface area (Å²) in [7, 11) is 0. The van der Waals surface area contributed by atoms with Crippen LogP contribution in [0, 0.1) is 0 Å². The Morgan fingerprint density at radius 1 is 1.21 bits per heavy atom. The minimum atomic E-state index is -0.990. The first-order chi connectivity index (χ1) is 9.08. The smallest absolute Gasteiger partial charge is 0.326 e. The van der Waals surface area contributed by atoms with Gasteiger partial charge in [-0.3, -0.25) is 4.79 Å². The number of hydrogen-bond acceptors (Lipinski definition) is 3. The van der Waals surface area contributed by atoms with Gasteiger partial charge in [0, 0.05) is 4.90 Å². The van der Waals surface area contributed by atoms with Crippen LogP contribution >= 0.6 is 11.8 Å². The molecule has 5 heteroatoms. The maximum absolute atomic E-state index is 12.1. The van der Waals surface area contributed by atoms with Gasteiger partial charge in [-0.15, -0.1) is 11.8 Å². The molecule has 19 heavy (non-hydrogen) atoms. The Bertz CT molecular complexity index is 422. The molecule has 2 atom stereocenters. The van der Waals surface area contributed by atoms with Crippen LogP contribution < -0.4 is 5.32 Å². The van der Waals surface area contributed by atoms with E-state index in [0.717, 1.165) is 4.90 Å². The third-order valence-corrected chi connectivity index (χ3v) is 4.08. The Morgan fingerprint density at radius 2 is 1.84 bits per heavy atom. The van der Waals surface area contributed by atoms with Crippen LogP contribution in [0.25, 0.3) is 0 Å². The number of aliphatic carboxylic acids is 1. The first kappa shape index (κ1) is 15.6. The number of carboxylic acid groups (broad SMARTS) is 1. The van der Waals surface area contributed by atoms with Gasteiger partial charge >= 0.3 is 5.97 Å². The second-order valence-corrected chi connectivity index (χ2v) is 5.41. The minimum Gasteiger partial charge on any atom is -0.480 e. The largest absolute Gasteiger partial charge is 0.480 e. The van der Waals surface area contributed by atoms with Crippen molar-refractivity contribution in [2.45, 2.75) is 42.9 Å². The van der Waals surface area contributed by atoms with Crippen LogP contribution in [0.2, 0.25) is 0 Å². The highest BCUT2D eigenvalue weighted by atomic mass is 32.2. The molecular formula is C14H19NO3S. The Labute approximate surface area is 117 Å². The average molecular weight is 281 g/mol. The predicted octanol–water partition coefficient (Wildman–Crippen LogP) is 2.54. The van der Waals surface area contributed by atoms with E-state index in [-0.39, 0.29) is 11.2 Å². The molecule has 1 rings (SSSR count). The van der Waals surface area contributed by atoms with E-state index in [0.29, 0.717) is 12.8 Å². The Balaban J connectivity index is 2.64. The van der Waals surface area contributed by atoms with Gasteiger partial charge in [0.25, 0.3) is 0 Å². The number of rotatable bonds is 7. The van der Waals surface area contributed by atoms with Crippen LogP contribution in [0.15, 0.2) is 35.2 Å². The third kappa shape index (κ3) is 4.95. The van der Waals surface area contributed by atoms with Crippen molar-refractivity contribution in [3.05, 3.63) is 30.3 Å². The van der Waals surface area contributed by atoms with Crippen LogP contribution in [0.5, 0.6) is 0 Å². The van der Waals surface area contributed by atoms with E-state index in [1.54, 1.807) is 6.92 Å². The first-order valence-corrected chi connectivity index (χ1v) is 7.21. The number of hydrogen-bond donors (Lipinski definition) is 2. The molecular weight excluding hydrogens is 262 g/mol. The summed E-state index contributed by atoms with van der Waals surface area (Å²) >= 11 is 1.46. The van der Waals surface area contributed by atoms with Crippen molar-refractivity contribution in [3.63, 3.8) is 0 Å². The lowest BCUT2D eigenvalue weighted by Gasteiger charge is -2.18. The molecule has 0 heterocycles. The summed E-state index contributed by atoms with van der Waals surface area (Å²) in [4.78, 5) is 24.0. The van der Waals surface area contributed by atoms with Gasteiger partial charge in [-0.1, -0.05) is 32.0 Å². The van der Waals surface area contributed by atoms with E-state index in [1.165, 1.54) is 11.8 Å². The van der Waals surface area contributed by atoms with Crippen LogP contribution in [0.1, 0.15) is 26.7 Å². The Morgan fingerprint density at radius 3 is 2.32 bits per heavy atom. The maximum atomic E-state index is 12.1. The highest BCUT2D eigenvalue weighted by Crippen LogP contribution is 2.25. The van der Waals surface area contributed by atoms with E-state index < -0.39 is 12.0 Å². The van der Waals surface area contributed by atoms with Gasteiger partial charge in [-0.05, 0) is 25.0 Å². The van der Waals surface area contributed by atoms with Crippen LogP contribution in [0.4, 0.5) is 0 Å². The van der Waals surface area contributed by atoms with Crippen molar-refractivity contribution in [3.8, 4) is 0 Å². The summed E-state index contributed by atoms with van der Waals surface area (Å²) in [5, 5.41) is 11.3. The Kier molecular flexibility index (Phi) is 6.42. The molecule has 0 aromatic heterocycles. The fourth-order valence-corrected chi connectivity index (χ4v) is 2.57. The van der Waals surface area contributed by atoms with Crippen molar-refractivity contribution in [1.82, 2.24) is 5.32 Å². The summed E-state index contributed by atoms with van der Waals surface area (Å²) in [6, 6.07) is 8.82. The number of nitrogens with one attached hydrogen (secondary N) is 1. The van der Waals surface area contributed by atoms with Gasteiger partial charge in [0.15, 0.2) is 0 Å². The van der Waals surface area contributed by atoms with E-state index in [9.17, 15) is 9.59 Å². The molecule has 104 valence electrons. The van der Waals surface area contributed by atoms with Gasteiger partial charge in [0.2, 0.25) is 5.91 Å². The molecule has 1 aromatic rings. The summed E-state index contributed by atoms with van der Waals surface area (Å²) in [6.07, 6.45) is 1.04. The molecule has 0 aliphatic carbocycles. The van der Waals surface area contributed by atoms with Crippen LogP contribution in [0.3, 0.4) is 0 Å².